The first-order valence-corrected chi connectivity index (χ1v) is 11.9. The van der Waals surface area contributed by atoms with Gasteiger partial charge < -0.3 is 14.2 Å². The monoisotopic (exact) mass is 472 g/mol. The van der Waals surface area contributed by atoms with E-state index in [1.807, 2.05) is 51.1 Å². The molecule has 1 saturated heterocycles. The number of aromatic nitrogens is 3. The van der Waals surface area contributed by atoms with Crippen molar-refractivity contribution in [3.8, 4) is 11.3 Å². The first-order valence-electron chi connectivity index (χ1n) is 11.9. The van der Waals surface area contributed by atoms with Crippen LogP contribution in [0.1, 0.15) is 35.2 Å². The lowest BCUT2D eigenvalue weighted by Crippen LogP contribution is -2.36. The first-order chi connectivity index (χ1) is 16.8. The average Bonchev–Trinajstić information content (AvgIpc) is 2.86. The molecule has 1 fully saturated rings. The molecule has 2 aromatic heterocycles. The van der Waals surface area contributed by atoms with Crippen molar-refractivity contribution in [3.05, 3.63) is 87.3 Å². The number of halogens is 1. The third-order valence-electron chi connectivity index (χ3n) is 6.96. The van der Waals surface area contributed by atoms with Crippen LogP contribution >= 0.6 is 0 Å². The fourth-order valence-electron chi connectivity index (χ4n) is 4.98. The van der Waals surface area contributed by atoms with Crippen LogP contribution in [0.5, 0.6) is 0 Å². The molecular weight excluding hydrogens is 443 g/mol. The number of benzene rings is 2. The van der Waals surface area contributed by atoms with Gasteiger partial charge in [0.05, 0.1) is 24.4 Å². The minimum atomic E-state index is -0.325. The summed E-state index contributed by atoms with van der Waals surface area (Å²) in [6, 6.07) is 13.1. The molecule has 180 valence electrons. The van der Waals surface area contributed by atoms with Gasteiger partial charge in [0, 0.05) is 54.5 Å². The Morgan fingerprint density at radius 2 is 1.80 bits per heavy atom. The van der Waals surface area contributed by atoms with Gasteiger partial charge in [0.1, 0.15) is 12.1 Å². The fraction of sp³-hybridized carbons (Fsp3) is 0.321. The van der Waals surface area contributed by atoms with E-state index in [0.29, 0.717) is 24.5 Å². The average molecular weight is 473 g/mol. The second-order valence-electron chi connectivity index (χ2n) is 9.29. The molecule has 0 N–H and O–H groups in total. The minimum absolute atomic E-state index is 0.0512. The lowest BCUT2D eigenvalue weighted by molar-refractivity contribution is 0.122. The van der Waals surface area contributed by atoms with Gasteiger partial charge in [0.15, 0.2) is 0 Å². The van der Waals surface area contributed by atoms with Crippen LogP contribution in [0.4, 0.5) is 10.1 Å². The summed E-state index contributed by atoms with van der Waals surface area (Å²) in [5, 5.41) is 0.800. The number of anilines is 1. The van der Waals surface area contributed by atoms with E-state index in [1.54, 1.807) is 23.7 Å². The van der Waals surface area contributed by atoms with E-state index in [0.717, 1.165) is 52.1 Å². The van der Waals surface area contributed by atoms with Crippen LogP contribution in [0.15, 0.2) is 53.6 Å². The highest BCUT2D eigenvalue weighted by Gasteiger charge is 2.20. The van der Waals surface area contributed by atoms with E-state index in [1.165, 1.54) is 6.33 Å². The number of morpholine rings is 1. The molecule has 0 aliphatic carbocycles. The van der Waals surface area contributed by atoms with Crippen molar-refractivity contribution in [2.24, 2.45) is 7.05 Å². The largest absolute Gasteiger partial charge is 0.378 e. The molecule has 0 saturated carbocycles. The van der Waals surface area contributed by atoms with E-state index < -0.39 is 0 Å². The molecule has 1 aliphatic rings. The summed E-state index contributed by atoms with van der Waals surface area (Å²) in [6.45, 7) is 8.94. The Hall–Kier alpha value is -3.58. The Labute approximate surface area is 204 Å². The van der Waals surface area contributed by atoms with Crippen molar-refractivity contribution in [2.75, 3.05) is 31.2 Å². The maximum atomic E-state index is 15.3. The maximum Gasteiger partial charge on any atom is 0.250 e. The zero-order valence-corrected chi connectivity index (χ0v) is 20.5. The van der Waals surface area contributed by atoms with Gasteiger partial charge >= 0.3 is 0 Å². The number of aryl methyl sites for hydroxylation is 2. The van der Waals surface area contributed by atoms with E-state index in [-0.39, 0.29) is 17.3 Å². The van der Waals surface area contributed by atoms with Crippen LogP contribution in [-0.2, 0) is 11.8 Å². The van der Waals surface area contributed by atoms with Gasteiger partial charge in [-0.2, -0.15) is 0 Å². The summed E-state index contributed by atoms with van der Waals surface area (Å²) < 4.78 is 22.5. The number of hydrogen-bond donors (Lipinski definition) is 0. The Balaban J connectivity index is 1.61. The van der Waals surface area contributed by atoms with Gasteiger partial charge in [0.2, 0.25) is 0 Å². The number of rotatable bonds is 4. The Kier molecular flexibility index (Phi) is 6.11. The fourth-order valence-corrected chi connectivity index (χ4v) is 4.98. The van der Waals surface area contributed by atoms with E-state index >= 15 is 4.39 Å². The van der Waals surface area contributed by atoms with Gasteiger partial charge in [-0.3, -0.25) is 4.79 Å². The minimum Gasteiger partial charge on any atom is -0.378 e. The van der Waals surface area contributed by atoms with Crippen molar-refractivity contribution in [2.45, 2.75) is 26.7 Å². The second-order valence-corrected chi connectivity index (χ2v) is 9.29. The molecule has 1 atom stereocenters. The summed E-state index contributed by atoms with van der Waals surface area (Å²) in [4.78, 5) is 23.6. The number of nitrogens with zero attached hydrogens (tertiary/aromatic N) is 4. The van der Waals surface area contributed by atoms with E-state index in [9.17, 15) is 4.79 Å². The molecular formula is C28H29FN4O2. The molecule has 6 nitrogen and oxygen atoms in total. The summed E-state index contributed by atoms with van der Waals surface area (Å²) in [5.74, 6) is -0.429. The highest BCUT2D eigenvalue weighted by molar-refractivity contribution is 5.94. The molecule has 2 aromatic carbocycles. The molecule has 0 amide bonds. The summed E-state index contributed by atoms with van der Waals surface area (Å²) >= 11 is 0. The molecule has 0 bridgehead atoms. The number of hydrogen-bond acceptors (Lipinski definition) is 5. The molecule has 1 aliphatic heterocycles. The van der Waals surface area contributed by atoms with Gasteiger partial charge in [-0.25, -0.2) is 14.4 Å². The molecule has 5 rings (SSSR count). The van der Waals surface area contributed by atoms with Crippen LogP contribution < -0.4 is 10.5 Å². The summed E-state index contributed by atoms with van der Waals surface area (Å²) in [7, 11) is 1.78. The van der Waals surface area contributed by atoms with Gasteiger partial charge in [0.25, 0.3) is 5.56 Å². The van der Waals surface area contributed by atoms with Crippen LogP contribution in [0, 0.1) is 19.7 Å². The zero-order valence-electron chi connectivity index (χ0n) is 20.5. The lowest BCUT2D eigenvalue weighted by Gasteiger charge is -2.29. The predicted molar refractivity (Wildman–Crippen MR) is 137 cm³/mol. The topological polar surface area (TPSA) is 60.2 Å². The molecule has 4 aromatic rings. The SMILES string of the molecule is Cc1cc(C(C)c2cc(-c3ncnc4cc(N5CCOCC5)ccc34)c(F)cc2C)n(C)c(=O)c1. The first kappa shape index (κ1) is 23.2. The summed E-state index contributed by atoms with van der Waals surface area (Å²) in [6.07, 6.45) is 1.49. The van der Waals surface area contributed by atoms with Crippen molar-refractivity contribution < 1.29 is 9.13 Å². The van der Waals surface area contributed by atoms with Gasteiger partial charge in [-0.05, 0) is 66.9 Å². The van der Waals surface area contributed by atoms with E-state index in [4.69, 9.17) is 4.74 Å². The molecule has 0 radical (unpaired) electrons. The van der Waals surface area contributed by atoms with Gasteiger partial charge in [-0.1, -0.05) is 6.92 Å². The van der Waals surface area contributed by atoms with Crippen LogP contribution in [-0.4, -0.2) is 40.8 Å². The predicted octanol–water partition coefficient (Wildman–Crippen LogP) is 4.74. The van der Waals surface area contributed by atoms with Crippen molar-refractivity contribution in [3.63, 3.8) is 0 Å². The molecule has 0 spiro atoms. The Morgan fingerprint density at radius 1 is 1.03 bits per heavy atom. The van der Waals surface area contributed by atoms with E-state index in [2.05, 4.69) is 14.9 Å². The normalized spacial score (nSPS) is 14.9. The van der Waals surface area contributed by atoms with Crippen molar-refractivity contribution in [1.82, 2.24) is 14.5 Å². The number of pyridine rings is 1. The van der Waals surface area contributed by atoms with Crippen LogP contribution in [0.25, 0.3) is 22.2 Å². The van der Waals surface area contributed by atoms with Crippen molar-refractivity contribution >= 4 is 16.6 Å². The van der Waals surface area contributed by atoms with Crippen molar-refractivity contribution in [1.29, 1.82) is 0 Å². The smallest absolute Gasteiger partial charge is 0.250 e. The highest BCUT2D eigenvalue weighted by atomic mass is 19.1. The third-order valence-corrected chi connectivity index (χ3v) is 6.96. The lowest BCUT2D eigenvalue weighted by atomic mass is 9.89. The number of ether oxygens (including phenoxy) is 1. The quantitative estimate of drug-likeness (QED) is 0.429. The number of fused-ring (bicyclic) bond motifs is 1. The summed E-state index contributed by atoms with van der Waals surface area (Å²) in [5.41, 5.74) is 6.38. The van der Waals surface area contributed by atoms with Crippen LogP contribution in [0.2, 0.25) is 0 Å². The maximum absolute atomic E-state index is 15.3. The molecule has 3 heterocycles. The zero-order chi connectivity index (χ0) is 24.7. The van der Waals surface area contributed by atoms with Gasteiger partial charge in [-0.15, -0.1) is 0 Å². The van der Waals surface area contributed by atoms with Crippen LogP contribution in [0.3, 0.4) is 0 Å². The Morgan fingerprint density at radius 3 is 2.57 bits per heavy atom. The second kappa shape index (κ2) is 9.23. The third kappa shape index (κ3) is 4.32. The standard InChI is InChI=1S/C28H29FN4O2/c1-17-11-26(32(4)27(34)12-17)19(3)22-15-23(24(29)13-18(22)2)28-21-6-5-20(14-25(21)30-16-31-28)33-7-9-35-10-8-33/h5-6,11-16,19H,7-10H2,1-4H3. The molecule has 1 unspecified atom stereocenters. The molecule has 35 heavy (non-hydrogen) atoms. The molecule has 7 heteroatoms. The Bertz CT molecular complexity index is 1470. The highest BCUT2D eigenvalue weighted by Crippen LogP contribution is 2.35.